The Labute approximate surface area is 149 Å². The molecule has 134 valence electrons. The highest BCUT2D eigenvalue weighted by Gasteiger charge is 2.11. The molecule has 0 unspecified atom stereocenters. The maximum atomic E-state index is 12.1. The van der Waals surface area contributed by atoms with Crippen molar-refractivity contribution in [3.63, 3.8) is 0 Å². The molecular formula is C19H27N5O. The fraction of sp³-hybridized carbons (Fsp3) is 0.421. The molecule has 1 aromatic heterocycles. The third-order valence-electron chi connectivity index (χ3n) is 3.86. The zero-order valence-corrected chi connectivity index (χ0v) is 15.3. The Bertz CT molecular complexity index is 643. The summed E-state index contributed by atoms with van der Waals surface area (Å²) < 4.78 is 0. The summed E-state index contributed by atoms with van der Waals surface area (Å²) in [6.45, 7) is 5.24. The summed E-state index contributed by atoms with van der Waals surface area (Å²) in [5, 5.41) is 2.88. The second-order valence-corrected chi connectivity index (χ2v) is 6.17. The molecule has 1 N–H and O–H groups in total. The van der Waals surface area contributed by atoms with Crippen molar-refractivity contribution in [3.8, 4) is 0 Å². The molecule has 0 spiro atoms. The van der Waals surface area contributed by atoms with Gasteiger partial charge >= 0.3 is 0 Å². The van der Waals surface area contributed by atoms with Crippen LogP contribution in [-0.4, -0.2) is 54.5 Å². The van der Waals surface area contributed by atoms with Gasteiger partial charge in [-0.3, -0.25) is 4.79 Å². The minimum Gasteiger partial charge on any atom is -0.351 e. The van der Waals surface area contributed by atoms with Gasteiger partial charge in [0.25, 0.3) is 5.91 Å². The van der Waals surface area contributed by atoms with E-state index in [0.717, 1.165) is 31.9 Å². The Morgan fingerprint density at radius 3 is 2.48 bits per heavy atom. The summed E-state index contributed by atoms with van der Waals surface area (Å²) in [5.74, 6) is 0.597. The molecule has 0 saturated heterocycles. The Morgan fingerprint density at radius 1 is 1.12 bits per heavy atom. The number of nitrogens with zero attached hydrogens (tertiary/aromatic N) is 4. The molecule has 2 rings (SSSR count). The lowest BCUT2D eigenvalue weighted by atomic mass is 10.2. The van der Waals surface area contributed by atoms with Crippen molar-refractivity contribution < 1.29 is 4.79 Å². The zero-order valence-electron chi connectivity index (χ0n) is 15.3. The average molecular weight is 341 g/mol. The van der Waals surface area contributed by atoms with Gasteiger partial charge in [-0.1, -0.05) is 30.3 Å². The number of anilines is 1. The Hall–Kier alpha value is -2.47. The number of rotatable bonds is 9. The first-order valence-electron chi connectivity index (χ1n) is 8.64. The number of nitrogens with one attached hydrogen (secondary N) is 1. The largest absolute Gasteiger partial charge is 0.351 e. The van der Waals surface area contributed by atoms with Crippen molar-refractivity contribution in [1.29, 1.82) is 0 Å². The second-order valence-electron chi connectivity index (χ2n) is 6.17. The highest BCUT2D eigenvalue weighted by atomic mass is 16.1. The smallest absolute Gasteiger partial charge is 0.271 e. The van der Waals surface area contributed by atoms with E-state index in [4.69, 9.17) is 0 Å². The van der Waals surface area contributed by atoms with Gasteiger partial charge < -0.3 is 15.1 Å². The maximum Gasteiger partial charge on any atom is 0.271 e. The van der Waals surface area contributed by atoms with Gasteiger partial charge in [0.05, 0.1) is 12.4 Å². The van der Waals surface area contributed by atoms with Crippen molar-refractivity contribution in [2.24, 2.45) is 0 Å². The summed E-state index contributed by atoms with van der Waals surface area (Å²) in [7, 11) is 4.03. The monoisotopic (exact) mass is 341 g/mol. The molecule has 0 saturated carbocycles. The molecule has 0 atom stereocenters. The van der Waals surface area contributed by atoms with Gasteiger partial charge in [0, 0.05) is 19.6 Å². The molecule has 1 heterocycles. The lowest BCUT2D eigenvalue weighted by Crippen LogP contribution is -2.28. The summed E-state index contributed by atoms with van der Waals surface area (Å²) in [5.41, 5.74) is 1.57. The third-order valence-corrected chi connectivity index (χ3v) is 3.86. The van der Waals surface area contributed by atoms with Crippen LogP contribution in [-0.2, 0) is 6.54 Å². The van der Waals surface area contributed by atoms with Crippen LogP contribution in [0.25, 0.3) is 0 Å². The van der Waals surface area contributed by atoms with Crippen LogP contribution in [0.15, 0.2) is 42.7 Å². The molecule has 1 amide bonds. The fourth-order valence-electron chi connectivity index (χ4n) is 2.45. The van der Waals surface area contributed by atoms with Gasteiger partial charge in [-0.15, -0.1) is 0 Å². The van der Waals surface area contributed by atoms with E-state index in [9.17, 15) is 4.79 Å². The summed E-state index contributed by atoms with van der Waals surface area (Å²) >= 11 is 0. The van der Waals surface area contributed by atoms with Gasteiger partial charge in [0.2, 0.25) is 0 Å². The lowest BCUT2D eigenvalue weighted by molar-refractivity contribution is 0.0947. The number of amides is 1. The molecule has 0 fully saturated rings. The third kappa shape index (κ3) is 6.15. The number of carbonyl (C=O) groups excluding carboxylic acids is 1. The van der Waals surface area contributed by atoms with E-state index >= 15 is 0 Å². The van der Waals surface area contributed by atoms with Crippen molar-refractivity contribution in [2.45, 2.75) is 19.9 Å². The molecule has 25 heavy (non-hydrogen) atoms. The highest BCUT2D eigenvalue weighted by molar-refractivity contribution is 5.91. The number of hydrogen-bond acceptors (Lipinski definition) is 5. The van der Waals surface area contributed by atoms with E-state index < -0.39 is 0 Å². The normalized spacial score (nSPS) is 10.7. The van der Waals surface area contributed by atoms with E-state index in [2.05, 4.69) is 44.1 Å². The van der Waals surface area contributed by atoms with Gasteiger partial charge in [0.1, 0.15) is 11.5 Å². The highest BCUT2D eigenvalue weighted by Crippen LogP contribution is 2.13. The molecule has 0 bridgehead atoms. The van der Waals surface area contributed by atoms with E-state index in [1.165, 1.54) is 5.56 Å². The van der Waals surface area contributed by atoms with Gasteiger partial charge in [-0.05, 0) is 39.5 Å². The second kappa shape index (κ2) is 9.74. The van der Waals surface area contributed by atoms with Crippen LogP contribution in [0, 0.1) is 0 Å². The molecule has 0 aliphatic heterocycles. The fourth-order valence-corrected chi connectivity index (χ4v) is 2.45. The number of aromatic nitrogens is 2. The summed E-state index contributed by atoms with van der Waals surface area (Å²) in [6.07, 6.45) is 4.12. The van der Waals surface area contributed by atoms with E-state index in [1.807, 2.05) is 32.3 Å². The minimum absolute atomic E-state index is 0.177. The van der Waals surface area contributed by atoms with Crippen molar-refractivity contribution >= 4 is 11.7 Å². The summed E-state index contributed by atoms with van der Waals surface area (Å²) in [6, 6.07) is 10.2. The van der Waals surface area contributed by atoms with E-state index in [1.54, 1.807) is 12.4 Å². The molecular weight excluding hydrogens is 314 g/mol. The Morgan fingerprint density at radius 2 is 1.88 bits per heavy atom. The Balaban J connectivity index is 1.92. The first-order chi connectivity index (χ1) is 12.1. The average Bonchev–Trinajstić information content (AvgIpc) is 2.64. The van der Waals surface area contributed by atoms with E-state index in [-0.39, 0.29) is 5.91 Å². The maximum absolute atomic E-state index is 12.1. The van der Waals surface area contributed by atoms with Crippen LogP contribution >= 0.6 is 0 Å². The predicted octanol–water partition coefficient (Wildman–Crippen LogP) is 2.18. The van der Waals surface area contributed by atoms with Crippen molar-refractivity contribution in [2.75, 3.05) is 38.6 Å². The van der Waals surface area contributed by atoms with Crippen LogP contribution in [0.2, 0.25) is 0 Å². The molecule has 1 aromatic carbocycles. The van der Waals surface area contributed by atoms with Crippen LogP contribution in [0.3, 0.4) is 0 Å². The standard InChI is InChI=1S/C19H27N5O/c1-4-24(15-16-9-6-5-7-10-16)18-14-21-17(13-22-18)19(25)20-11-8-12-23(2)3/h5-7,9-10,13-14H,4,8,11-12,15H2,1-3H3,(H,20,25). The van der Waals surface area contributed by atoms with Crippen LogP contribution < -0.4 is 10.2 Å². The number of carbonyl (C=O) groups is 1. The van der Waals surface area contributed by atoms with E-state index in [0.29, 0.717) is 12.2 Å². The van der Waals surface area contributed by atoms with Crippen molar-refractivity contribution in [1.82, 2.24) is 20.2 Å². The lowest BCUT2D eigenvalue weighted by Gasteiger charge is -2.21. The molecule has 6 heteroatoms. The van der Waals surface area contributed by atoms with Gasteiger partial charge in [-0.2, -0.15) is 0 Å². The topological polar surface area (TPSA) is 61.4 Å². The van der Waals surface area contributed by atoms with Crippen molar-refractivity contribution in [3.05, 3.63) is 54.0 Å². The molecule has 0 radical (unpaired) electrons. The minimum atomic E-state index is -0.177. The molecule has 2 aromatic rings. The molecule has 6 nitrogen and oxygen atoms in total. The zero-order chi connectivity index (χ0) is 18.1. The quantitative estimate of drug-likeness (QED) is 0.709. The molecule has 0 aliphatic rings. The van der Waals surface area contributed by atoms with Gasteiger partial charge in [-0.25, -0.2) is 9.97 Å². The Kier molecular flexibility index (Phi) is 7.35. The number of benzene rings is 1. The summed E-state index contributed by atoms with van der Waals surface area (Å²) in [4.78, 5) is 25.0. The van der Waals surface area contributed by atoms with Crippen LogP contribution in [0.4, 0.5) is 5.82 Å². The van der Waals surface area contributed by atoms with Gasteiger partial charge in [0.15, 0.2) is 0 Å². The first-order valence-corrected chi connectivity index (χ1v) is 8.64. The molecule has 0 aliphatic carbocycles. The first kappa shape index (κ1) is 18.9. The number of hydrogen-bond donors (Lipinski definition) is 1. The predicted molar refractivity (Wildman–Crippen MR) is 101 cm³/mol. The van der Waals surface area contributed by atoms with Crippen LogP contribution in [0.1, 0.15) is 29.4 Å². The SMILES string of the molecule is CCN(Cc1ccccc1)c1cnc(C(=O)NCCCN(C)C)cn1. The van der Waals surface area contributed by atoms with Crippen LogP contribution in [0.5, 0.6) is 0 Å².